The highest BCUT2D eigenvalue weighted by Crippen LogP contribution is 2.04. The van der Waals surface area contributed by atoms with Crippen molar-refractivity contribution in [1.82, 2.24) is 11.2 Å². The minimum Gasteiger partial charge on any atom is -0.344 e. The average molecular weight is 118 g/mol. The Morgan fingerprint density at radius 1 is 1.00 bits per heavy atom. The first-order valence-corrected chi connectivity index (χ1v) is 2.83. The van der Waals surface area contributed by atoms with E-state index in [1.807, 2.05) is 0 Å². The second-order valence-electron chi connectivity index (χ2n) is 2.01. The molecular formula is C5H14N2O. The van der Waals surface area contributed by atoms with Crippen molar-refractivity contribution in [3.05, 3.63) is 0 Å². The van der Waals surface area contributed by atoms with E-state index in [9.17, 15) is 0 Å². The van der Waals surface area contributed by atoms with Gasteiger partial charge in [-0.1, -0.05) is 6.42 Å². The van der Waals surface area contributed by atoms with Crippen molar-refractivity contribution in [2.45, 2.75) is 19.3 Å². The second-order valence-corrected chi connectivity index (χ2v) is 2.01. The summed E-state index contributed by atoms with van der Waals surface area (Å²) in [6, 6.07) is 0. The van der Waals surface area contributed by atoms with Gasteiger partial charge in [-0.3, -0.25) is 0 Å². The summed E-state index contributed by atoms with van der Waals surface area (Å²) in [6.45, 7) is 1.75. The van der Waals surface area contributed by atoms with Crippen LogP contribution in [0.1, 0.15) is 19.3 Å². The zero-order valence-corrected chi connectivity index (χ0v) is 5.14. The molecule has 0 spiro atoms. The van der Waals surface area contributed by atoms with E-state index >= 15 is 0 Å². The van der Waals surface area contributed by atoms with Gasteiger partial charge in [-0.25, -0.2) is 0 Å². The molecule has 1 rings (SSSR count). The number of hydrogen-bond donors (Lipinski definition) is 2. The minimum absolute atomic E-state index is 0. The topological polar surface area (TPSA) is 58.5 Å². The van der Waals surface area contributed by atoms with Crippen LogP contribution in [-0.4, -0.2) is 23.4 Å². The molecule has 3 heteroatoms. The molecule has 8 heavy (non-hydrogen) atoms. The Labute approximate surface area is 49.8 Å². The molecule has 0 aromatic carbocycles. The van der Waals surface area contributed by atoms with Gasteiger partial charge in [-0.15, -0.1) is 0 Å². The van der Waals surface area contributed by atoms with Gasteiger partial charge in [0.1, 0.15) is 0 Å². The van der Waals surface area contributed by atoms with Crippen LogP contribution in [0, 0.1) is 0 Å². The highest BCUT2D eigenvalue weighted by atomic mass is 16.5. The predicted molar refractivity (Wildman–Crippen MR) is 32.2 cm³/mol. The van der Waals surface area contributed by atoms with Crippen molar-refractivity contribution in [2.75, 3.05) is 13.1 Å². The summed E-state index contributed by atoms with van der Waals surface area (Å²) in [5.74, 6) is 0. The van der Waals surface area contributed by atoms with E-state index in [1.54, 1.807) is 0 Å². The summed E-state index contributed by atoms with van der Waals surface area (Å²) in [5, 5.41) is 10.1. The maximum atomic E-state index is 8.74. The molecule has 0 saturated carbocycles. The van der Waals surface area contributed by atoms with E-state index in [1.165, 1.54) is 11.5 Å². The van der Waals surface area contributed by atoms with Crippen LogP contribution in [-0.2, 0) is 0 Å². The van der Waals surface area contributed by atoms with Gasteiger partial charge in [0.15, 0.2) is 0 Å². The average Bonchev–Trinajstić information content (AvgIpc) is 1.69. The molecule has 0 radical (unpaired) electrons. The van der Waals surface area contributed by atoms with Crippen LogP contribution in [0.25, 0.3) is 0 Å². The van der Waals surface area contributed by atoms with Gasteiger partial charge in [0.25, 0.3) is 0 Å². The molecular weight excluding hydrogens is 104 g/mol. The van der Waals surface area contributed by atoms with Gasteiger partial charge in [-0.2, -0.15) is 5.06 Å². The zero-order chi connectivity index (χ0) is 5.11. The van der Waals surface area contributed by atoms with Crippen molar-refractivity contribution in [3.63, 3.8) is 0 Å². The quantitative estimate of drug-likeness (QED) is 0.499. The summed E-state index contributed by atoms with van der Waals surface area (Å²) in [6.07, 6.45) is 3.62. The summed E-state index contributed by atoms with van der Waals surface area (Å²) in [5.41, 5.74) is 0. The van der Waals surface area contributed by atoms with Crippen LogP contribution in [0.3, 0.4) is 0 Å². The molecule has 50 valence electrons. The third-order valence-corrected chi connectivity index (χ3v) is 1.33. The van der Waals surface area contributed by atoms with Crippen molar-refractivity contribution < 1.29 is 5.21 Å². The number of rotatable bonds is 0. The Bertz CT molecular complexity index is 52.4. The van der Waals surface area contributed by atoms with Gasteiger partial charge in [-0.05, 0) is 12.8 Å². The third kappa shape index (κ3) is 2.26. The number of nitrogens with zero attached hydrogens (tertiary/aromatic N) is 1. The molecule has 0 bridgehead atoms. The molecule has 0 unspecified atom stereocenters. The van der Waals surface area contributed by atoms with Crippen LogP contribution in [0.15, 0.2) is 0 Å². The van der Waals surface area contributed by atoms with Crippen molar-refractivity contribution in [1.29, 1.82) is 0 Å². The molecule has 1 aliphatic rings. The lowest BCUT2D eigenvalue weighted by molar-refractivity contribution is -0.103. The van der Waals surface area contributed by atoms with E-state index < -0.39 is 0 Å². The summed E-state index contributed by atoms with van der Waals surface area (Å²) < 4.78 is 0. The Morgan fingerprint density at radius 2 is 1.50 bits per heavy atom. The SMILES string of the molecule is N.ON1CCCCC1. The van der Waals surface area contributed by atoms with E-state index in [-0.39, 0.29) is 6.15 Å². The van der Waals surface area contributed by atoms with Crippen molar-refractivity contribution >= 4 is 0 Å². The fourth-order valence-corrected chi connectivity index (χ4v) is 0.877. The standard InChI is InChI=1S/C5H11NO.H3N/c7-6-4-2-1-3-5-6;/h7H,1-5H2;1H3. The second kappa shape index (κ2) is 3.83. The van der Waals surface area contributed by atoms with Gasteiger partial charge in [0, 0.05) is 13.1 Å². The highest BCUT2D eigenvalue weighted by Gasteiger charge is 2.04. The maximum Gasteiger partial charge on any atom is 0.0238 e. The van der Waals surface area contributed by atoms with E-state index in [2.05, 4.69) is 0 Å². The van der Waals surface area contributed by atoms with Crippen LogP contribution in [0.4, 0.5) is 0 Å². The van der Waals surface area contributed by atoms with Crippen LogP contribution < -0.4 is 6.15 Å². The lowest BCUT2D eigenvalue weighted by Gasteiger charge is -2.18. The van der Waals surface area contributed by atoms with E-state index in [0.29, 0.717) is 0 Å². The molecule has 0 amide bonds. The molecule has 1 heterocycles. The molecule has 1 fully saturated rings. The summed E-state index contributed by atoms with van der Waals surface area (Å²) in [4.78, 5) is 0. The maximum absolute atomic E-state index is 8.74. The van der Waals surface area contributed by atoms with E-state index in [0.717, 1.165) is 25.9 Å². The molecule has 3 nitrogen and oxygen atoms in total. The normalized spacial score (nSPS) is 22.1. The summed E-state index contributed by atoms with van der Waals surface area (Å²) >= 11 is 0. The largest absolute Gasteiger partial charge is 0.344 e. The fraction of sp³-hybridized carbons (Fsp3) is 1.00. The molecule has 0 aliphatic carbocycles. The molecule has 0 atom stereocenters. The monoisotopic (exact) mass is 118 g/mol. The first-order valence-electron chi connectivity index (χ1n) is 2.83. The zero-order valence-electron chi connectivity index (χ0n) is 5.14. The van der Waals surface area contributed by atoms with Gasteiger partial charge >= 0.3 is 0 Å². The van der Waals surface area contributed by atoms with Gasteiger partial charge in [0.05, 0.1) is 0 Å². The van der Waals surface area contributed by atoms with Crippen molar-refractivity contribution in [2.24, 2.45) is 0 Å². The Kier molecular flexibility index (Phi) is 3.77. The third-order valence-electron chi connectivity index (χ3n) is 1.33. The Morgan fingerprint density at radius 3 is 1.75 bits per heavy atom. The van der Waals surface area contributed by atoms with Gasteiger partial charge in [0.2, 0.25) is 0 Å². The Balaban J connectivity index is 0.000000490. The molecule has 1 saturated heterocycles. The fourth-order valence-electron chi connectivity index (χ4n) is 0.877. The highest BCUT2D eigenvalue weighted by molar-refractivity contribution is 4.54. The predicted octanol–water partition coefficient (Wildman–Crippen LogP) is 1.02. The van der Waals surface area contributed by atoms with E-state index in [4.69, 9.17) is 5.21 Å². The van der Waals surface area contributed by atoms with Gasteiger partial charge < -0.3 is 11.4 Å². The number of piperidine rings is 1. The summed E-state index contributed by atoms with van der Waals surface area (Å²) in [7, 11) is 0. The molecule has 1 aliphatic heterocycles. The molecule has 0 aromatic rings. The smallest absolute Gasteiger partial charge is 0.0238 e. The molecule has 4 N–H and O–H groups in total. The van der Waals surface area contributed by atoms with Crippen LogP contribution in [0.2, 0.25) is 0 Å². The van der Waals surface area contributed by atoms with Crippen LogP contribution >= 0.6 is 0 Å². The first-order chi connectivity index (χ1) is 3.39. The minimum atomic E-state index is 0. The van der Waals surface area contributed by atoms with Crippen LogP contribution in [0.5, 0.6) is 0 Å². The first kappa shape index (κ1) is 7.88. The molecule has 0 aromatic heterocycles. The lowest BCUT2D eigenvalue weighted by atomic mass is 10.2. The Hall–Kier alpha value is -0.120. The number of hydrogen-bond acceptors (Lipinski definition) is 3. The number of hydroxylamine groups is 2. The lowest BCUT2D eigenvalue weighted by Crippen LogP contribution is -2.25. The van der Waals surface area contributed by atoms with Crippen molar-refractivity contribution in [3.8, 4) is 0 Å².